The van der Waals surface area contributed by atoms with Crippen LogP contribution in [-0.2, 0) is 22.3 Å². The van der Waals surface area contributed by atoms with Crippen molar-refractivity contribution in [2.75, 3.05) is 7.05 Å². The zero-order valence-corrected chi connectivity index (χ0v) is 13.9. The summed E-state index contributed by atoms with van der Waals surface area (Å²) in [6.45, 7) is 8.75. The minimum Gasteiger partial charge on any atom is -0.310 e. The lowest BCUT2D eigenvalue weighted by Crippen LogP contribution is -2.33. The maximum Gasteiger partial charge on any atom is 0.218 e. The number of nitrogens with one attached hydrogen (secondary N) is 1. The van der Waals surface area contributed by atoms with Crippen LogP contribution in [-0.4, -0.2) is 31.9 Å². The molecule has 1 aromatic carbocycles. The molecular weight excluding hydrogens is 272 g/mol. The van der Waals surface area contributed by atoms with Crippen molar-refractivity contribution in [3.8, 4) is 0 Å². The zero-order chi connectivity index (χ0) is 15.3. The fourth-order valence-corrected chi connectivity index (χ4v) is 3.17. The van der Waals surface area contributed by atoms with Gasteiger partial charge in [-0.05, 0) is 25.0 Å². The Bertz CT molecular complexity index is 507. The Hall–Kier alpha value is -0.910. The van der Waals surface area contributed by atoms with E-state index in [1.807, 2.05) is 38.1 Å². The fraction of sp³-hybridized carbons (Fsp3) is 0.600. The van der Waals surface area contributed by atoms with E-state index in [-0.39, 0.29) is 11.8 Å². The third-order valence-electron chi connectivity index (χ3n) is 3.25. The van der Waals surface area contributed by atoms with Crippen molar-refractivity contribution in [2.45, 2.75) is 52.1 Å². The Morgan fingerprint density at radius 2 is 1.55 bits per heavy atom. The molecule has 0 amide bonds. The fourth-order valence-electron chi connectivity index (χ4n) is 1.71. The second-order valence-electron chi connectivity index (χ2n) is 5.72. The van der Waals surface area contributed by atoms with E-state index in [0.717, 1.165) is 17.7 Å². The number of rotatable bonds is 7. The van der Waals surface area contributed by atoms with Crippen LogP contribution in [0.2, 0.25) is 0 Å². The molecule has 0 saturated carbocycles. The molecule has 0 heterocycles. The van der Waals surface area contributed by atoms with Gasteiger partial charge in [0.25, 0.3) is 0 Å². The van der Waals surface area contributed by atoms with Gasteiger partial charge >= 0.3 is 0 Å². The van der Waals surface area contributed by atoms with E-state index in [2.05, 4.69) is 19.2 Å². The SMILES string of the molecule is CC(C)NCc1ccc(CS(=O)(=O)N(C)C(C)C)cc1. The predicted molar refractivity (Wildman–Crippen MR) is 83.9 cm³/mol. The number of hydrogen-bond donors (Lipinski definition) is 1. The van der Waals surface area contributed by atoms with Crippen LogP contribution in [0, 0.1) is 0 Å². The molecule has 0 aliphatic carbocycles. The Morgan fingerprint density at radius 1 is 1.05 bits per heavy atom. The topological polar surface area (TPSA) is 49.4 Å². The van der Waals surface area contributed by atoms with E-state index < -0.39 is 10.0 Å². The molecule has 20 heavy (non-hydrogen) atoms. The molecule has 1 rings (SSSR count). The summed E-state index contributed by atoms with van der Waals surface area (Å²) in [4.78, 5) is 0. The summed E-state index contributed by atoms with van der Waals surface area (Å²) < 4.78 is 25.7. The highest BCUT2D eigenvalue weighted by Gasteiger charge is 2.20. The molecule has 0 radical (unpaired) electrons. The smallest absolute Gasteiger partial charge is 0.218 e. The molecule has 0 unspecified atom stereocenters. The van der Waals surface area contributed by atoms with Gasteiger partial charge in [-0.2, -0.15) is 0 Å². The number of nitrogens with zero attached hydrogens (tertiary/aromatic N) is 1. The number of hydrogen-bond acceptors (Lipinski definition) is 3. The third kappa shape index (κ3) is 5.23. The largest absolute Gasteiger partial charge is 0.310 e. The number of sulfonamides is 1. The Balaban J connectivity index is 2.70. The molecule has 0 saturated heterocycles. The predicted octanol–water partition coefficient (Wildman–Crippen LogP) is 2.35. The third-order valence-corrected chi connectivity index (χ3v) is 5.25. The Kier molecular flexibility index (Phi) is 6.17. The van der Waals surface area contributed by atoms with Gasteiger partial charge in [-0.1, -0.05) is 38.1 Å². The van der Waals surface area contributed by atoms with Crippen molar-refractivity contribution in [1.82, 2.24) is 9.62 Å². The molecular formula is C15H26N2O2S. The summed E-state index contributed by atoms with van der Waals surface area (Å²) in [5.41, 5.74) is 1.99. The lowest BCUT2D eigenvalue weighted by atomic mass is 10.1. The molecule has 1 N–H and O–H groups in total. The minimum absolute atomic E-state index is 0.0190. The second kappa shape index (κ2) is 7.20. The maximum absolute atomic E-state index is 12.2. The summed E-state index contributed by atoms with van der Waals surface area (Å²) in [7, 11) is -1.61. The molecule has 0 aromatic heterocycles. The molecule has 114 valence electrons. The van der Waals surface area contributed by atoms with Crippen molar-refractivity contribution < 1.29 is 8.42 Å². The molecule has 0 spiro atoms. The van der Waals surface area contributed by atoms with Gasteiger partial charge in [-0.3, -0.25) is 0 Å². The first kappa shape index (κ1) is 17.1. The van der Waals surface area contributed by atoms with Gasteiger partial charge in [0, 0.05) is 25.7 Å². The molecule has 0 atom stereocenters. The first-order valence-corrected chi connectivity index (χ1v) is 8.60. The monoisotopic (exact) mass is 298 g/mol. The standard InChI is InChI=1S/C15H26N2O2S/c1-12(2)16-10-14-6-8-15(9-7-14)11-20(18,19)17(5)13(3)4/h6-9,12-13,16H,10-11H2,1-5H3. The molecule has 0 bridgehead atoms. The van der Waals surface area contributed by atoms with Gasteiger partial charge in [0.05, 0.1) is 5.75 Å². The van der Waals surface area contributed by atoms with Crippen LogP contribution < -0.4 is 5.32 Å². The van der Waals surface area contributed by atoms with Crippen LogP contribution in [0.1, 0.15) is 38.8 Å². The summed E-state index contributed by atoms with van der Waals surface area (Å²) in [6, 6.07) is 8.17. The molecule has 1 aromatic rings. The average molecular weight is 298 g/mol. The van der Waals surface area contributed by atoms with Crippen LogP contribution in [0.5, 0.6) is 0 Å². The van der Waals surface area contributed by atoms with Crippen molar-refractivity contribution in [2.24, 2.45) is 0 Å². The van der Waals surface area contributed by atoms with Gasteiger partial charge in [0.1, 0.15) is 0 Å². The lowest BCUT2D eigenvalue weighted by Gasteiger charge is -2.21. The molecule has 0 aliphatic rings. The van der Waals surface area contributed by atoms with Crippen LogP contribution in [0.25, 0.3) is 0 Å². The molecule has 0 aliphatic heterocycles. The summed E-state index contributed by atoms with van der Waals surface area (Å²) in [5, 5.41) is 3.34. The zero-order valence-electron chi connectivity index (χ0n) is 13.1. The Labute approximate surface area is 123 Å². The minimum atomic E-state index is -3.23. The summed E-state index contributed by atoms with van der Waals surface area (Å²) in [5.74, 6) is 0.0551. The number of benzene rings is 1. The van der Waals surface area contributed by atoms with Gasteiger partial charge in [-0.15, -0.1) is 0 Å². The van der Waals surface area contributed by atoms with Gasteiger partial charge in [0.15, 0.2) is 0 Å². The van der Waals surface area contributed by atoms with Crippen molar-refractivity contribution in [1.29, 1.82) is 0 Å². The maximum atomic E-state index is 12.2. The van der Waals surface area contributed by atoms with E-state index in [1.165, 1.54) is 4.31 Å². The molecule has 0 fully saturated rings. The van der Waals surface area contributed by atoms with E-state index in [0.29, 0.717) is 6.04 Å². The van der Waals surface area contributed by atoms with Crippen molar-refractivity contribution in [3.05, 3.63) is 35.4 Å². The van der Waals surface area contributed by atoms with E-state index in [9.17, 15) is 8.42 Å². The van der Waals surface area contributed by atoms with Gasteiger partial charge in [-0.25, -0.2) is 12.7 Å². The average Bonchev–Trinajstić information content (AvgIpc) is 2.36. The van der Waals surface area contributed by atoms with Crippen LogP contribution in [0.15, 0.2) is 24.3 Å². The normalized spacial score (nSPS) is 12.6. The highest BCUT2D eigenvalue weighted by Crippen LogP contribution is 2.13. The Morgan fingerprint density at radius 3 is 2.00 bits per heavy atom. The van der Waals surface area contributed by atoms with E-state index in [4.69, 9.17) is 0 Å². The highest BCUT2D eigenvalue weighted by molar-refractivity contribution is 7.88. The second-order valence-corrected chi connectivity index (χ2v) is 7.75. The van der Waals surface area contributed by atoms with Gasteiger partial charge < -0.3 is 5.32 Å². The molecule has 4 nitrogen and oxygen atoms in total. The lowest BCUT2D eigenvalue weighted by molar-refractivity contribution is 0.410. The molecule has 5 heteroatoms. The van der Waals surface area contributed by atoms with Crippen LogP contribution >= 0.6 is 0 Å². The first-order chi connectivity index (χ1) is 9.22. The van der Waals surface area contributed by atoms with E-state index >= 15 is 0 Å². The quantitative estimate of drug-likeness (QED) is 0.840. The van der Waals surface area contributed by atoms with Crippen LogP contribution in [0.3, 0.4) is 0 Å². The summed E-state index contributed by atoms with van der Waals surface area (Å²) in [6.07, 6.45) is 0. The van der Waals surface area contributed by atoms with Crippen LogP contribution in [0.4, 0.5) is 0 Å². The van der Waals surface area contributed by atoms with Crippen molar-refractivity contribution in [3.63, 3.8) is 0 Å². The summed E-state index contributed by atoms with van der Waals surface area (Å²) >= 11 is 0. The first-order valence-electron chi connectivity index (χ1n) is 6.99. The van der Waals surface area contributed by atoms with Gasteiger partial charge in [0.2, 0.25) is 10.0 Å². The van der Waals surface area contributed by atoms with Crippen molar-refractivity contribution >= 4 is 10.0 Å². The highest BCUT2D eigenvalue weighted by atomic mass is 32.2. The van der Waals surface area contributed by atoms with E-state index in [1.54, 1.807) is 7.05 Å².